The molecule has 2 atom stereocenters. The van der Waals surface area contributed by atoms with E-state index in [4.69, 9.17) is 4.74 Å². The monoisotopic (exact) mass is 268 g/mol. The quantitative estimate of drug-likeness (QED) is 0.745. The molecule has 0 saturated heterocycles. The third-order valence-electron chi connectivity index (χ3n) is 4.15. The molecule has 2 unspecified atom stereocenters. The minimum absolute atomic E-state index is 0.0392. The number of ether oxygens (including phenoxy) is 1. The van der Waals surface area contributed by atoms with Crippen LogP contribution in [0.5, 0.6) is 5.75 Å². The van der Waals surface area contributed by atoms with Crippen LogP contribution >= 0.6 is 0 Å². The SMILES string of the molecule is CCCC1CCC(c2ccc(OC)cc2)C(F)(F)C1. The normalized spacial score (nSPS) is 26.1. The van der Waals surface area contributed by atoms with E-state index in [-0.39, 0.29) is 12.3 Å². The molecule has 1 saturated carbocycles. The zero-order valence-corrected chi connectivity index (χ0v) is 11.7. The van der Waals surface area contributed by atoms with Crippen LogP contribution in [-0.4, -0.2) is 13.0 Å². The van der Waals surface area contributed by atoms with E-state index in [1.807, 2.05) is 0 Å². The molecular weight excluding hydrogens is 246 g/mol. The van der Waals surface area contributed by atoms with Crippen LogP contribution in [0.4, 0.5) is 8.78 Å². The number of methoxy groups -OCH3 is 1. The highest BCUT2D eigenvalue weighted by Gasteiger charge is 2.45. The Morgan fingerprint density at radius 3 is 2.42 bits per heavy atom. The molecule has 1 aliphatic carbocycles. The minimum atomic E-state index is -2.58. The molecule has 0 aliphatic heterocycles. The second-order valence-electron chi connectivity index (χ2n) is 5.52. The highest BCUT2D eigenvalue weighted by molar-refractivity contribution is 5.31. The summed E-state index contributed by atoms with van der Waals surface area (Å²) in [7, 11) is 1.58. The van der Waals surface area contributed by atoms with Crippen molar-refractivity contribution in [2.45, 2.75) is 50.9 Å². The van der Waals surface area contributed by atoms with Crippen LogP contribution in [0, 0.1) is 5.92 Å². The van der Waals surface area contributed by atoms with Crippen molar-refractivity contribution in [3.8, 4) is 5.75 Å². The van der Waals surface area contributed by atoms with Crippen LogP contribution < -0.4 is 4.74 Å². The Bertz CT molecular complexity index is 400. The summed E-state index contributed by atoms with van der Waals surface area (Å²) < 4.78 is 33.6. The fourth-order valence-electron chi connectivity index (χ4n) is 3.14. The Kier molecular flexibility index (Phi) is 4.43. The molecule has 3 heteroatoms. The lowest BCUT2D eigenvalue weighted by Gasteiger charge is -2.36. The van der Waals surface area contributed by atoms with Gasteiger partial charge in [-0.05, 0) is 36.5 Å². The molecule has 1 fully saturated rings. The van der Waals surface area contributed by atoms with E-state index in [0.29, 0.717) is 12.2 Å². The molecule has 0 N–H and O–H groups in total. The van der Waals surface area contributed by atoms with Crippen molar-refractivity contribution >= 4 is 0 Å². The van der Waals surface area contributed by atoms with Gasteiger partial charge in [-0.1, -0.05) is 31.9 Å². The van der Waals surface area contributed by atoms with E-state index in [2.05, 4.69) is 6.92 Å². The van der Waals surface area contributed by atoms with E-state index < -0.39 is 11.8 Å². The van der Waals surface area contributed by atoms with Crippen molar-refractivity contribution in [3.63, 3.8) is 0 Å². The summed E-state index contributed by atoms with van der Waals surface area (Å²) in [4.78, 5) is 0. The van der Waals surface area contributed by atoms with Crippen molar-refractivity contribution in [3.05, 3.63) is 29.8 Å². The van der Waals surface area contributed by atoms with Gasteiger partial charge in [0.25, 0.3) is 5.92 Å². The van der Waals surface area contributed by atoms with E-state index in [1.54, 1.807) is 31.4 Å². The number of hydrogen-bond donors (Lipinski definition) is 0. The lowest BCUT2D eigenvalue weighted by molar-refractivity contribution is -0.0736. The third kappa shape index (κ3) is 3.26. The standard InChI is InChI=1S/C16H22F2O/c1-3-4-12-5-10-15(16(17,18)11-12)13-6-8-14(19-2)9-7-13/h6-9,12,15H,3-5,10-11H2,1-2H3. The molecule has 1 aromatic rings. The summed E-state index contributed by atoms with van der Waals surface area (Å²) in [5, 5.41) is 0. The fourth-order valence-corrected chi connectivity index (χ4v) is 3.14. The second kappa shape index (κ2) is 5.89. The molecule has 1 nitrogen and oxygen atoms in total. The molecule has 0 amide bonds. The van der Waals surface area contributed by atoms with Gasteiger partial charge in [-0.15, -0.1) is 0 Å². The minimum Gasteiger partial charge on any atom is -0.497 e. The second-order valence-corrected chi connectivity index (χ2v) is 5.52. The predicted molar refractivity (Wildman–Crippen MR) is 72.9 cm³/mol. The van der Waals surface area contributed by atoms with Gasteiger partial charge in [-0.3, -0.25) is 0 Å². The summed E-state index contributed by atoms with van der Waals surface area (Å²) in [6.07, 6.45) is 3.46. The Hall–Kier alpha value is -1.12. The summed E-state index contributed by atoms with van der Waals surface area (Å²) in [6, 6.07) is 7.09. The van der Waals surface area contributed by atoms with Gasteiger partial charge in [0.2, 0.25) is 0 Å². The van der Waals surface area contributed by atoms with Gasteiger partial charge >= 0.3 is 0 Å². The zero-order chi connectivity index (χ0) is 13.9. The lowest BCUT2D eigenvalue weighted by Crippen LogP contribution is -2.34. The van der Waals surface area contributed by atoms with Crippen molar-refractivity contribution < 1.29 is 13.5 Å². The van der Waals surface area contributed by atoms with Crippen LogP contribution in [0.25, 0.3) is 0 Å². The molecule has 0 spiro atoms. The predicted octanol–water partition coefficient (Wildman–Crippen LogP) is 5.01. The van der Waals surface area contributed by atoms with E-state index in [1.165, 1.54) is 0 Å². The average Bonchev–Trinajstić information content (AvgIpc) is 2.38. The van der Waals surface area contributed by atoms with Crippen molar-refractivity contribution in [1.82, 2.24) is 0 Å². The van der Waals surface area contributed by atoms with Crippen molar-refractivity contribution in [2.24, 2.45) is 5.92 Å². The Balaban J connectivity index is 2.11. The van der Waals surface area contributed by atoms with Gasteiger partial charge in [0.05, 0.1) is 7.11 Å². The topological polar surface area (TPSA) is 9.23 Å². The van der Waals surface area contributed by atoms with Gasteiger partial charge < -0.3 is 4.74 Å². The summed E-state index contributed by atoms with van der Waals surface area (Å²) in [5.74, 6) is -2.31. The Labute approximate surface area is 114 Å². The maximum atomic E-state index is 14.3. The number of benzene rings is 1. The molecule has 1 aromatic carbocycles. The summed E-state index contributed by atoms with van der Waals surface area (Å²) >= 11 is 0. The first kappa shape index (κ1) is 14.3. The maximum Gasteiger partial charge on any atom is 0.255 e. The van der Waals surface area contributed by atoms with Crippen LogP contribution in [0.1, 0.15) is 50.5 Å². The molecule has 19 heavy (non-hydrogen) atoms. The molecule has 106 valence electrons. The van der Waals surface area contributed by atoms with E-state index >= 15 is 0 Å². The maximum absolute atomic E-state index is 14.3. The molecule has 0 heterocycles. The van der Waals surface area contributed by atoms with E-state index in [0.717, 1.165) is 24.8 Å². The molecule has 1 aliphatic rings. The molecule has 0 bridgehead atoms. The van der Waals surface area contributed by atoms with Gasteiger partial charge in [0.1, 0.15) is 5.75 Å². The van der Waals surface area contributed by atoms with Gasteiger partial charge in [0, 0.05) is 12.3 Å². The number of rotatable bonds is 4. The summed E-state index contributed by atoms with van der Waals surface area (Å²) in [5.41, 5.74) is 0.737. The first-order valence-corrected chi connectivity index (χ1v) is 7.08. The molecule has 0 radical (unpaired) electrons. The third-order valence-corrected chi connectivity index (χ3v) is 4.15. The van der Waals surface area contributed by atoms with Crippen LogP contribution in [-0.2, 0) is 0 Å². The Morgan fingerprint density at radius 1 is 1.21 bits per heavy atom. The van der Waals surface area contributed by atoms with Gasteiger partial charge in [-0.25, -0.2) is 8.78 Å². The van der Waals surface area contributed by atoms with Crippen LogP contribution in [0.3, 0.4) is 0 Å². The van der Waals surface area contributed by atoms with Crippen LogP contribution in [0.2, 0.25) is 0 Å². The highest BCUT2D eigenvalue weighted by Crippen LogP contribution is 2.48. The molecular formula is C16H22F2O. The first-order valence-electron chi connectivity index (χ1n) is 7.08. The fraction of sp³-hybridized carbons (Fsp3) is 0.625. The molecule has 2 rings (SSSR count). The first-order chi connectivity index (χ1) is 9.06. The van der Waals surface area contributed by atoms with Crippen molar-refractivity contribution in [2.75, 3.05) is 7.11 Å². The number of alkyl halides is 2. The lowest BCUT2D eigenvalue weighted by atomic mass is 9.74. The van der Waals surface area contributed by atoms with Gasteiger partial charge in [0.15, 0.2) is 0 Å². The largest absolute Gasteiger partial charge is 0.497 e. The Morgan fingerprint density at radius 2 is 1.89 bits per heavy atom. The number of hydrogen-bond acceptors (Lipinski definition) is 1. The van der Waals surface area contributed by atoms with Crippen molar-refractivity contribution in [1.29, 1.82) is 0 Å². The zero-order valence-electron chi connectivity index (χ0n) is 11.7. The average molecular weight is 268 g/mol. The van der Waals surface area contributed by atoms with Gasteiger partial charge in [-0.2, -0.15) is 0 Å². The molecule has 0 aromatic heterocycles. The smallest absolute Gasteiger partial charge is 0.255 e. The van der Waals surface area contributed by atoms with Crippen LogP contribution in [0.15, 0.2) is 24.3 Å². The number of halogens is 2. The summed E-state index contributed by atoms with van der Waals surface area (Å²) in [6.45, 7) is 2.06. The highest BCUT2D eigenvalue weighted by atomic mass is 19.3. The van der Waals surface area contributed by atoms with E-state index in [9.17, 15) is 8.78 Å².